The molecule has 0 N–H and O–H groups in total. The minimum absolute atomic E-state index is 0.275. The van der Waals surface area contributed by atoms with Gasteiger partial charge < -0.3 is 4.74 Å². The van der Waals surface area contributed by atoms with E-state index in [1.165, 1.54) is 0 Å². The average molecular weight is 293 g/mol. The standard InChI is InChI=1S/C14H17ClN4O/c1-9(2)18-6-11-12(7-18)16-14(15)17-13(11)19-4-5-20-8-10(19)3/h4-5,9H,3,6-8H2,1-2H3. The van der Waals surface area contributed by atoms with Crippen LogP contribution in [0.15, 0.2) is 24.7 Å². The average Bonchev–Trinajstić information content (AvgIpc) is 2.82. The minimum atomic E-state index is 0.275. The predicted molar refractivity (Wildman–Crippen MR) is 78.1 cm³/mol. The fourth-order valence-electron chi connectivity index (χ4n) is 2.44. The molecule has 2 aliphatic heterocycles. The zero-order valence-electron chi connectivity index (χ0n) is 11.6. The second-order valence-electron chi connectivity index (χ2n) is 5.27. The molecule has 20 heavy (non-hydrogen) atoms. The molecule has 6 heteroatoms. The van der Waals surface area contributed by atoms with Crippen molar-refractivity contribution in [3.63, 3.8) is 0 Å². The third kappa shape index (κ3) is 2.27. The Kier molecular flexibility index (Phi) is 3.40. The number of fused-ring (bicyclic) bond motifs is 1. The number of rotatable bonds is 2. The Morgan fingerprint density at radius 2 is 2.15 bits per heavy atom. The van der Waals surface area contributed by atoms with Crippen molar-refractivity contribution in [2.75, 3.05) is 11.5 Å². The van der Waals surface area contributed by atoms with Crippen LogP contribution in [0.5, 0.6) is 0 Å². The summed E-state index contributed by atoms with van der Waals surface area (Å²) in [4.78, 5) is 13.0. The van der Waals surface area contributed by atoms with Crippen LogP contribution in [0.1, 0.15) is 25.1 Å². The van der Waals surface area contributed by atoms with Gasteiger partial charge in [-0.15, -0.1) is 0 Å². The van der Waals surface area contributed by atoms with Gasteiger partial charge in [-0.2, -0.15) is 4.98 Å². The highest BCUT2D eigenvalue weighted by Gasteiger charge is 2.29. The zero-order valence-corrected chi connectivity index (χ0v) is 12.4. The third-order valence-electron chi connectivity index (χ3n) is 3.61. The quantitative estimate of drug-likeness (QED) is 0.784. The number of hydrogen-bond acceptors (Lipinski definition) is 5. The van der Waals surface area contributed by atoms with E-state index in [1.807, 2.05) is 11.1 Å². The van der Waals surface area contributed by atoms with E-state index in [9.17, 15) is 0 Å². The summed E-state index contributed by atoms with van der Waals surface area (Å²) in [7, 11) is 0. The summed E-state index contributed by atoms with van der Waals surface area (Å²) in [6.45, 7) is 10.5. The SMILES string of the molecule is C=C1COC=CN1c1nc(Cl)nc2c1CN(C(C)C)C2. The highest BCUT2D eigenvalue weighted by molar-refractivity contribution is 6.28. The van der Waals surface area contributed by atoms with E-state index in [2.05, 4.69) is 35.3 Å². The lowest BCUT2D eigenvalue weighted by molar-refractivity contribution is 0.226. The molecular weight excluding hydrogens is 276 g/mol. The Balaban J connectivity index is 2.03. The van der Waals surface area contributed by atoms with E-state index in [4.69, 9.17) is 16.3 Å². The van der Waals surface area contributed by atoms with Crippen molar-refractivity contribution in [3.8, 4) is 0 Å². The number of nitrogens with zero attached hydrogens (tertiary/aromatic N) is 4. The van der Waals surface area contributed by atoms with Crippen LogP contribution < -0.4 is 4.90 Å². The first-order chi connectivity index (χ1) is 9.56. The van der Waals surface area contributed by atoms with Crippen LogP contribution in [0.4, 0.5) is 5.82 Å². The molecule has 2 aliphatic rings. The molecule has 0 aromatic carbocycles. The largest absolute Gasteiger partial charge is 0.493 e. The maximum atomic E-state index is 6.07. The molecule has 0 spiro atoms. The predicted octanol–water partition coefficient (Wildman–Crippen LogP) is 2.68. The van der Waals surface area contributed by atoms with Crippen molar-refractivity contribution in [3.05, 3.63) is 41.3 Å². The van der Waals surface area contributed by atoms with Gasteiger partial charge in [0.05, 0.1) is 11.4 Å². The van der Waals surface area contributed by atoms with Crippen molar-refractivity contribution in [1.29, 1.82) is 0 Å². The van der Waals surface area contributed by atoms with Crippen molar-refractivity contribution >= 4 is 17.4 Å². The first-order valence-corrected chi connectivity index (χ1v) is 6.98. The Bertz CT molecular complexity index is 585. The normalized spacial score (nSPS) is 18.6. The van der Waals surface area contributed by atoms with E-state index in [-0.39, 0.29) is 5.28 Å². The minimum Gasteiger partial charge on any atom is -0.493 e. The lowest BCUT2D eigenvalue weighted by atomic mass is 10.2. The summed E-state index contributed by atoms with van der Waals surface area (Å²) in [6, 6.07) is 0.458. The summed E-state index contributed by atoms with van der Waals surface area (Å²) in [5, 5.41) is 0.275. The van der Waals surface area contributed by atoms with E-state index >= 15 is 0 Å². The van der Waals surface area contributed by atoms with Gasteiger partial charge in [0, 0.05) is 30.9 Å². The molecule has 0 unspecified atom stereocenters. The summed E-state index contributed by atoms with van der Waals surface area (Å²) in [5.41, 5.74) is 2.96. The Morgan fingerprint density at radius 3 is 2.85 bits per heavy atom. The van der Waals surface area contributed by atoms with Crippen LogP contribution in [-0.4, -0.2) is 27.5 Å². The van der Waals surface area contributed by atoms with Gasteiger partial charge in [0.25, 0.3) is 0 Å². The smallest absolute Gasteiger partial charge is 0.224 e. The Labute approximate surface area is 123 Å². The monoisotopic (exact) mass is 292 g/mol. The number of ether oxygens (including phenoxy) is 1. The van der Waals surface area contributed by atoms with Gasteiger partial charge in [0.2, 0.25) is 5.28 Å². The molecule has 0 bridgehead atoms. The third-order valence-corrected chi connectivity index (χ3v) is 3.78. The van der Waals surface area contributed by atoms with Gasteiger partial charge in [-0.3, -0.25) is 9.80 Å². The molecule has 1 aromatic rings. The summed E-state index contributed by atoms with van der Waals surface area (Å²) < 4.78 is 5.23. The van der Waals surface area contributed by atoms with Crippen LogP contribution in [-0.2, 0) is 17.8 Å². The molecule has 0 saturated carbocycles. The first-order valence-electron chi connectivity index (χ1n) is 6.61. The topological polar surface area (TPSA) is 41.5 Å². The molecule has 106 valence electrons. The molecule has 3 rings (SSSR count). The van der Waals surface area contributed by atoms with Crippen LogP contribution >= 0.6 is 11.6 Å². The maximum absolute atomic E-state index is 6.07. The Morgan fingerprint density at radius 1 is 1.35 bits per heavy atom. The molecule has 0 atom stereocenters. The first kappa shape index (κ1) is 13.4. The molecular formula is C14H17ClN4O. The molecule has 0 amide bonds. The van der Waals surface area contributed by atoms with E-state index in [1.54, 1.807) is 6.26 Å². The van der Waals surface area contributed by atoms with Gasteiger partial charge in [-0.05, 0) is 25.4 Å². The zero-order chi connectivity index (χ0) is 14.3. The molecule has 5 nitrogen and oxygen atoms in total. The maximum Gasteiger partial charge on any atom is 0.224 e. The molecule has 0 aliphatic carbocycles. The van der Waals surface area contributed by atoms with E-state index in [0.29, 0.717) is 12.6 Å². The van der Waals surface area contributed by atoms with Crippen molar-refractivity contribution < 1.29 is 4.74 Å². The lowest BCUT2D eigenvalue weighted by Gasteiger charge is -2.26. The molecule has 0 saturated heterocycles. The van der Waals surface area contributed by atoms with Gasteiger partial charge in [-0.1, -0.05) is 6.58 Å². The number of anilines is 1. The molecule has 1 aromatic heterocycles. The molecule has 0 radical (unpaired) electrons. The number of halogens is 1. The highest BCUT2D eigenvalue weighted by Crippen LogP contribution is 2.33. The molecule has 3 heterocycles. The van der Waals surface area contributed by atoms with Crippen molar-refractivity contribution in [2.45, 2.75) is 33.0 Å². The van der Waals surface area contributed by atoms with Gasteiger partial charge >= 0.3 is 0 Å². The van der Waals surface area contributed by atoms with E-state index < -0.39 is 0 Å². The van der Waals surface area contributed by atoms with Crippen LogP contribution in [0.25, 0.3) is 0 Å². The fourth-order valence-corrected chi connectivity index (χ4v) is 2.62. The summed E-state index contributed by atoms with van der Waals surface area (Å²) in [6.07, 6.45) is 3.47. The fraction of sp³-hybridized carbons (Fsp3) is 0.429. The van der Waals surface area contributed by atoms with Gasteiger partial charge in [0.1, 0.15) is 18.7 Å². The second-order valence-corrected chi connectivity index (χ2v) is 5.61. The van der Waals surface area contributed by atoms with Crippen molar-refractivity contribution in [2.24, 2.45) is 0 Å². The number of aromatic nitrogens is 2. The van der Waals surface area contributed by atoms with Crippen molar-refractivity contribution in [1.82, 2.24) is 14.9 Å². The summed E-state index contributed by atoms with van der Waals surface area (Å²) in [5.74, 6) is 0.813. The van der Waals surface area contributed by atoms with Crippen LogP contribution in [0, 0.1) is 0 Å². The van der Waals surface area contributed by atoms with Gasteiger partial charge in [0.15, 0.2) is 0 Å². The van der Waals surface area contributed by atoms with Crippen LogP contribution in [0.3, 0.4) is 0 Å². The molecule has 0 fully saturated rings. The summed E-state index contributed by atoms with van der Waals surface area (Å²) >= 11 is 6.07. The Hall–Kier alpha value is -1.59. The lowest BCUT2D eigenvalue weighted by Crippen LogP contribution is -2.26. The van der Waals surface area contributed by atoms with Crippen LogP contribution in [0.2, 0.25) is 5.28 Å². The second kappa shape index (κ2) is 5.07. The van der Waals surface area contributed by atoms with E-state index in [0.717, 1.165) is 35.9 Å². The van der Waals surface area contributed by atoms with Gasteiger partial charge in [-0.25, -0.2) is 4.98 Å². The highest BCUT2D eigenvalue weighted by atomic mass is 35.5. The number of hydrogen-bond donors (Lipinski definition) is 0.